The topological polar surface area (TPSA) is 189 Å². The third-order valence-electron chi connectivity index (χ3n) is 8.18. The van der Waals surface area contributed by atoms with Crippen LogP contribution in [0.15, 0.2) is 68.8 Å². The van der Waals surface area contributed by atoms with Gasteiger partial charge < -0.3 is 20.1 Å². The second kappa shape index (κ2) is 15.7. The van der Waals surface area contributed by atoms with Crippen LogP contribution in [0.25, 0.3) is 32.3 Å². The molecule has 4 rings (SSSR count). The van der Waals surface area contributed by atoms with Crippen molar-refractivity contribution in [3.05, 3.63) is 91.0 Å². The SMILES string of the molecule is C=CC(=O)NCCOC(=O)C(CC(C)C)n1c(=O)c2ccc3c(ccc4c(=O)n(C(CC(C)C)C(=O)OCCNC(=O)C=C)c(=O)c43)c2c1=O. The monoisotopic (exact) mass is 688 g/mol. The van der Waals surface area contributed by atoms with Gasteiger partial charge in [-0.2, -0.15) is 0 Å². The Morgan fingerprint density at radius 1 is 0.620 bits per heavy atom. The van der Waals surface area contributed by atoms with Gasteiger partial charge >= 0.3 is 11.9 Å². The van der Waals surface area contributed by atoms with Gasteiger partial charge in [-0.05, 0) is 59.7 Å². The molecule has 0 aliphatic heterocycles. The van der Waals surface area contributed by atoms with E-state index in [0.29, 0.717) is 0 Å². The van der Waals surface area contributed by atoms with Gasteiger partial charge in [-0.25, -0.2) is 9.59 Å². The summed E-state index contributed by atoms with van der Waals surface area (Å²) in [6.45, 7) is 13.6. The van der Waals surface area contributed by atoms with E-state index in [0.717, 1.165) is 21.3 Å². The molecule has 0 spiro atoms. The van der Waals surface area contributed by atoms with Gasteiger partial charge in [0.2, 0.25) is 11.8 Å². The van der Waals surface area contributed by atoms with Crippen LogP contribution in [0.1, 0.15) is 52.6 Å². The van der Waals surface area contributed by atoms with Crippen molar-refractivity contribution >= 4 is 56.1 Å². The quantitative estimate of drug-likeness (QED) is 0.100. The van der Waals surface area contributed by atoms with Crippen LogP contribution >= 0.6 is 0 Å². The smallest absolute Gasteiger partial charge is 0.329 e. The summed E-state index contributed by atoms with van der Waals surface area (Å²) in [6.07, 6.45) is 2.34. The molecule has 0 radical (unpaired) electrons. The summed E-state index contributed by atoms with van der Waals surface area (Å²) in [5.74, 6) is -2.80. The number of carbonyl (C=O) groups excluding carboxylic acids is 4. The summed E-state index contributed by atoms with van der Waals surface area (Å²) in [4.78, 5) is 105. The molecule has 50 heavy (non-hydrogen) atoms. The summed E-state index contributed by atoms with van der Waals surface area (Å²) >= 11 is 0. The number of nitrogens with one attached hydrogen (secondary N) is 2. The lowest BCUT2D eigenvalue weighted by Gasteiger charge is -2.18. The number of esters is 2. The van der Waals surface area contributed by atoms with Gasteiger partial charge in [0.1, 0.15) is 25.3 Å². The maximum Gasteiger partial charge on any atom is 0.329 e. The van der Waals surface area contributed by atoms with Gasteiger partial charge in [0.25, 0.3) is 22.2 Å². The number of hydrogen-bond acceptors (Lipinski definition) is 10. The molecule has 4 aromatic rings. The van der Waals surface area contributed by atoms with Gasteiger partial charge in [0.05, 0.1) is 34.6 Å². The normalized spacial score (nSPS) is 12.7. The Bertz CT molecular complexity index is 2050. The lowest BCUT2D eigenvalue weighted by atomic mass is 10.0. The fourth-order valence-electron chi connectivity index (χ4n) is 5.97. The van der Waals surface area contributed by atoms with Gasteiger partial charge in [-0.15, -0.1) is 0 Å². The second-order valence-electron chi connectivity index (χ2n) is 12.6. The molecule has 0 saturated heterocycles. The van der Waals surface area contributed by atoms with Crippen LogP contribution in [-0.2, 0) is 28.7 Å². The summed E-state index contributed by atoms with van der Waals surface area (Å²) in [5, 5.41) is 5.35. The molecule has 14 heteroatoms. The summed E-state index contributed by atoms with van der Waals surface area (Å²) in [5.41, 5.74) is -2.97. The Kier molecular flexibility index (Phi) is 11.7. The maximum absolute atomic E-state index is 14.0. The second-order valence-corrected chi connectivity index (χ2v) is 12.6. The van der Waals surface area contributed by atoms with E-state index in [1.54, 1.807) is 0 Å². The standard InChI is InChI=1S/C36H40N4O10/c1-7-27(41)37-13-15-49-35(47)25(17-19(3)4)39-31(43)23-11-9-22-21(29(23)33(39)45)10-12-24-30(22)34(46)40(32(24)44)26(18-20(5)6)36(48)50-16-14-38-28(42)8-2/h7-12,19-20,25-26H,1-2,13-18H2,3-6H3,(H,37,41)(H,38,42). The molecular formula is C36H40N4O10. The first-order chi connectivity index (χ1) is 23.7. The zero-order valence-electron chi connectivity index (χ0n) is 28.4. The highest BCUT2D eigenvalue weighted by molar-refractivity contribution is 6.17. The number of amides is 2. The first-order valence-corrected chi connectivity index (χ1v) is 16.2. The number of benzene rings is 2. The van der Waals surface area contributed by atoms with E-state index in [1.165, 1.54) is 24.3 Å². The van der Waals surface area contributed by atoms with E-state index in [2.05, 4.69) is 23.8 Å². The van der Waals surface area contributed by atoms with Gasteiger partial charge in [-0.3, -0.25) is 37.9 Å². The van der Waals surface area contributed by atoms with Crippen molar-refractivity contribution in [3.8, 4) is 0 Å². The largest absolute Gasteiger partial charge is 0.462 e. The van der Waals surface area contributed by atoms with Crippen molar-refractivity contribution in [2.45, 2.75) is 52.6 Å². The highest BCUT2D eigenvalue weighted by Gasteiger charge is 2.32. The minimum Gasteiger partial charge on any atom is -0.462 e. The van der Waals surface area contributed by atoms with Crippen molar-refractivity contribution in [1.82, 2.24) is 19.8 Å². The number of fused-ring (bicyclic) bond motifs is 5. The molecule has 0 saturated carbocycles. The third-order valence-corrected chi connectivity index (χ3v) is 8.18. The number of nitrogens with zero attached hydrogens (tertiary/aromatic N) is 2. The highest BCUT2D eigenvalue weighted by atomic mass is 16.5. The van der Waals surface area contributed by atoms with Gasteiger partial charge in [0, 0.05) is 0 Å². The number of carbonyl (C=O) groups is 4. The van der Waals surface area contributed by atoms with Crippen LogP contribution in [0.5, 0.6) is 0 Å². The van der Waals surface area contributed by atoms with Crippen LogP contribution in [0, 0.1) is 11.8 Å². The fraction of sp³-hybridized carbons (Fsp3) is 0.389. The van der Waals surface area contributed by atoms with Crippen molar-refractivity contribution in [3.63, 3.8) is 0 Å². The lowest BCUT2D eigenvalue weighted by Crippen LogP contribution is -2.37. The number of hydrogen-bond donors (Lipinski definition) is 2. The molecule has 2 unspecified atom stereocenters. The molecular weight excluding hydrogens is 648 g/mol. The van der Waals surface area contributed by atoms with Crippen LogP contribution < -0.4 is 32.9 Å². The summed E-state index contributed by atoms with van der Waals surface area (Å²) < 4.78 is 12.4. The van der Waals surface area contributed by atoms with Crippen LogP contribution in [0.4, 0.5) is 0 Å². The third kappa shape index (κ3) is 7.48. The molecule has 0 fully saturated rings. The molecule has 2 aromatic carbocycles. The zero-order valence-corrected chi connectivity index (χ0v) is 28.4. The van der Waals surface area contributed by atoms with Gasteiger partial charge in [0.15, 0.2) is 0 Å². The Hall–Kier alpha value is -5.66. The van der Waals surface area contributed by atoms with Crippen LogP contribution in [0.2, 0.25) is 0 Å². The minimum absolute atomic E-state index is 0.00365. The van der Waals surface area contributed by atoms with E-state index in [1.807, 2.05) is 27.7 Å². The minimum atomic E-state index is -1.27. The van der Waals surface area contributed by atoms with Gasteiger partial charge in [-0.1, -0.05) is 53.0 Å². The van der Waals surface area contributed by atoms with Crippen LogP contribution in [-0.4, -0.2) is 59.2 Å². The average Bonchev–Trinajstić information content (AvgIpc) is 3.49. The molecule has 2 atom stereocenters. The first kappa shape index (κ1) is 37.2. The average molecular weight is 689 g/mol. The molecule has 2 amide bonds. The molecule has 264 valence electrons. The van der Waals surface area contributed by atoms with Crippen molar-refractivity contribution < 1.29 is 28.7 Å². The predicted octanol–water partition coefficient (Wildman–Crippen LogP) is 1.93. The van der Waals surface area contributed by atoms with E-state index in [4.69, 9.17) is 9.47 Å². The first-order valence-electron chi connectivity index (χ1n) is 16.2. The number of rotatable bonds is 16. The Balaban J connectivity index is 1.81. The van der Waals surface area contributed by atoms with E-state index >= 15 is 0 Å². The van der Waals surface area contributed by atoms with E-state index < -0.39 is 58.1 Å². The van der Waals surface area contributed by atoms with Crippen LogP contribution in [0.3, 0.4) is 0 Å². The van der Waals surface area contributed by atoms with Crippen molar-refractivity contribution in [1.29, 1.82) is 0 Å². The lowest BCUT2D eigenvalue weighted by molar-refractivity contribution is -0.149. The zero-order chi connectivity index (χ0) is 36.9. The Morgan fingerprint density at radius 2 is 0.960 bits per heavy atom. The number of ether oxygens (including phenoxy) is 2. The Labute approximate surface area is 286 Å². The molecule has 14 nitrogen and oxygen atoms in total. The molecule has 2 aromatic heterocycles. The molecule has 2 heterocycles. The van der Waals surface area contributed by atoms with E-state index in [9.17, 15) is 38.4 Å². The summed E-state index contributed by atoms with van der Waals surface area (Å²) in [7, 11) is 0. The molecule has 0 aliphatic carbocycles. The molecule has 0 aliphatic rings. The summed E-state index contributed by atoms with van der Waals surface area (Å²) in [6, 6.07) is 3.14. The highest BCUT2D eigenvalue weighted by Crippen LogP contribution is 2.29. The van der Waals surface area contributed by atoms with Crippen molar-refractivity contribution in [2.24, 2.45) is 11.8 Å². The molecule has 2 N–H and O–H groups in total. The van der Waals surface area contributed by atoms with Crippen molar-refractivity contribution in [2.75, 3.05) is 26.3 Å². The van der Waals surface area contributed by atoms with E-state index in [-0.39, 0.29) is 83.3 Å². The fourth-order valence-corrected chi connectivity index (χ4v) is 5.97. The Morgan fingerprint density at radius 3 is 1.28 bits per heavy atom. The number of aromatic nitrogens is 2. The predicted molar refractivity (Wildman–Crippen MR) is 188 cm³/mol. The maximum atomic E-state index is 14.0. The molecule has 0 bridgehead atoms.